The van der Waals surface area contributed by atoms with Crippen LogP contribution in [0.2, 0.25) is 0 Å². The number of thiocarbonyl (C=S) groups is 1. The number of nitrogens with two attached hydrogens (primary N) is 1. The van der Waals surface area contributed by atoms with Gasteiger partial charge in [0.1, 0.15) is 4.99 Å². The third-order valence-electron chi connectivity index (χ3n) is 3.17. The van der Waals surface area contributed by atoms with Gasteiger partial charge in [0, 0.05) is 44.1 Å². The molecular formula is C15H20N2O2S. The average molecular weight is 292 g/mol. The van der Waals surface area contributed by atoms with Gasteiger partial charge in [-0.15, -0.1) is 0 Å². The highest BCUT2D eigenvalue weighted by molar-refractivity contribution is 7.80. The van der Waals surface area contributed by atoms with Crippen LogP contribution in [-0.2, 0) is 16.0 Å². The number of benzene rings is 1. The maximum absolute atomic E-state index is 5.68. The summed E-state index contributed by atoms with van der Waals surface area (Å²) in [6.45, 7) is 2.97. The molecule has 0 amide bonds. The Bertz CT molecular complexity index is 580. The standard InChI is InChI=1S/C15H20N2O2S/c1-18-8-2-9-19-10-7-17-6-5-12-3-4-13(15(16)20)11-14(12)17/h3-6,11H,2,7-10H2,1H3,(H2,16,20). The number of fused-ring (bicyclic) bond motifs is 1. The van der Waals surface area contributed by atoms with E-state index in [4.69, 9.17) is 27.4 Å². The summed E-state index contributed by atoms with van der Waals surface area (Å²) < 4.78 is 12.7. The second-order valence-corrected chi connectivity index (χ2v) is 5.05. The van der Waals surface area contributed by atoms with E-state index in [1.165, 1.54) is 5.39 Å². The van der Waals surface area contributed by atoms with Crippen LogP contribution >= 0.6 is 12.2 Å². The zero-order valence-corrected chi connectivity index (χ0v) is 12.5. The maximum atomic E-state index is 5.68. The molecule has 0 spiro atoms. The van der Waals surface area contributed by atoms with Crippen molar-refractivity contribution < 1.29 is 9.47 Å². The quantitative estimate of drug-likeness (QED) is 0.599. The molecule has 2 aromatic rings. The van der Waals surface area contributed by atoms with Gasteiger partial charge in [-0.1, -0.05) is 24.4 Å². The molecule has 0 radical (unpaired) electrons. The summed E-state index contributed by atoms with van der Waals surface area (Å²) in [4.78, 5) is 0.426. The Balaban J connectivity index is 1.96. The molecule has 2 rings (SSSR count). The fourth-order valence-electron chi connectivity index (χ4n) is 2.10. The van der Waals surface area contributed by atoms with Crippen molar-refractivity contribution in [2.45, 2.75) is 13.0 Å². The van der Waals surface area contributed by atoms with Crippen LogP contribution < -0.4 is 5.73 Å². The van der Waals surface area contributed by atoms with E-state index in [-0.39, 0.29) is 0 Å². The third-order valence-corrected chi connectivity index (χ3v) is 3.41. The number of nitrogens with zero attached hydrogens (tertiary/aromatic N) is 1. The summed E-state index contributed by atoms with van der Waals surface area (Å²) >= 11 is 5.02. The zero-order valence-electron chi connectivity index (χ0n) is 11.7. The summed E-state index contributed by atoms with van der Waals surface area (Å²) in [5.41, 5.74) is 7.71. The van der Waals surface area contributed by atoms with Crippen LogP contribution in [0.1, 0.15) is 12.0 Å². The largest absolute Gasteiger partial charge is 0.389 e. The van der Waals surface area contributed by atoms with Crippen molar-refractivity contribution in [3.05, 3.63) is 36.0 Å². The Morgan fingerprint density at radius 2 is 2.10 bits per heavy atom. The van der Waals surface area contributed by atoms with E-state index in [0.717, 1.165) is 37.3 Å². The van der Waals surface area contributed by atoms with Crippen molar-refractivity contribution in [2.24, 2.45) is 5.73 Å². The van der Waals surface area contributed by atoms with Gasteiger partial charge in [-0.25, -0.2) is 0 Å². The van der Waals surface area contributed by atoms with Crippen LogP contribution in [0.15, 0.2) is 30.5 Å². The van der Waals surface area contributed by atoms with Gasteiger partial charge in [-0.05, 0) is 23.9 Å². The predicted octanol–water partition coefficient (Wildman–Crippen LogP) is 2.33. The molecular weight excluding hydrogens is 272 g/mol. The van der Waals surface area contributed by atoms with Crippen LogP contribution in [0.5, 0.6) is 0 Å². The van der Waals surface area contributed by atoms with E-state index in [9.17, 15) is 0 Å². The van der Waals surface area contributed by atoms with Gasteiger partial charge in [0.25, 0.3) is 0 Å². The SMILES string of the molecule is COCCCOCCn1ccc2ccc(C(N)=S)cc21. The molecule has 2 N–H and O–H groups in total. The van der Waals surface area contributed by atoms with Gasteiger partial charge >= 0.3 is 0 Å². The summed E-state index contributed by atoms with van der Waals surface area (Å²) in [5, 5.41) is 1.18. The van der Waals surface area contributed by atoms with Crippen LogP contribution in [0.25, 0.3) is 10.9 Å². The fraction of sp³-hybridized carbons (Fsp3) is 0.400. The summed E-state index contributed by atoms with van der Waals surface area (Å²) in [5.74, 6) is 0. The number of rotatable bonds is 8. The zero-order chi connectivity index (χ0) is 14.4. The Morgan fingerprint density at radius 3 is 2.85 bits per heavy atom. The molecule has 1 aromatic carbocycles. The van der Waals surface area contributed by atoms with E-state index in [2.05, 4.69) is 16.8 Å². The Labute approximate surface area is 124 Å². The Hall–Kier alpha value is -1.43. The first-order valence-corrected chi connectivity index (χ1v) is 7.08. The molecule has 0 aliphatic rings. The van der Waals surface area contributed by atoms with Gasteiger partial charge in [0.05, 0.1) is 6.61 Å². The van der Waals surface area contributed by atoms with Gasteiger partial charge in [0.2, 0.25) is 0 Å². The second-order valence-electron chi connectivity index (χ2n) is 4.61. The molecule has 1 aromatic heterocycles. The summed E-state index contributed by atoms with van der Waals surface area (Å²) in [6, 6.07) is 8.11. The maximum Gasteiger partial charge on any atom is 0.104 e. The van der Waals surface area contributed by atoms with Crippen molar-refractivity contribution in [1.29, 1.82) is 0 Å². The number of hydrogen-bond acceptors (Lipinski definition) is 3. The van der Waals surface area contributed by atoms with Gasteiger partial charge < -0.3 is 19.8 Å². The molecule has 0 atom stereocenters. The monoisotopic (exact) mass is 292 g/mol. The predicted molar refractivity (Wildman–Crippen MR) is 85.1 cm³/mol. The fourth-order valence-corrected chi connectivity index (χ4v) is 2.23. The van der Waals surface area contributed by atoms with E-state index in [0.29, 0.717) is 11.6 Å². The highest BCUT2D eigenvalue weighted by atomic mass is 32.1. The van der Waals surface area contributed by atoms with Crippen LogP contribution in [0.4, 0.5) is 0 Å². The first-order chi connectivity index (χ1) is 9.72. The lowest BCUT2D eigenvalue weighted by molar-refractivity contribution is 0.0982. The van der Waals surface area contributed by atoms with Crippen molar-refractivity contribution in [2.75, 3.05) is 26.9 Å². The molecule has 0 fully saturated rings. The highest BCUT2D eigenvalue weighted by Crippen LogP contribution is 2.17. The molecule has 4 nitrogen and oxygen atoms in total. The van der Waals surface area contributed by atoms with Crippen molar-refractivity contribution >= 4 is 28.1 Å². The molecule has 0 unspecified atom stereocenters. The number of hydrogen-bond donors (Lipinski definition) is 1. The van der Waals surface area contributed by atoms with E-state index < -0.39 is 0 Å². The number of aromatic nitrogens is 1. The normalized spacial score (nSPS) is 11.1. The molecule has 20 heavy (non-hydrogen) atoms. The molecule has 0 bridgehead atoms. The molecule has 1 heterocycles. The van der Waals surface area contributed by atoms with Gasteiger partial charge in [0.15, 0.2) is 0 Å². The lowest BCUT2D eigenvalue weighted by Gasteiger charge is -2.08. The van der Waals surface area contributed by atoms with E-state index in [1.54, 1.807) is 7.11 Å². The van der Waals surface area contributed by atoms with Crippen LogP contribution in [0, 0.1) is 0 Å². The van der Waals surface area contributed by atoms with Crippen LogP contribution in [-0.4, -0.2) is 36.5 Å². The first-order valence-electron chi connectivity index (χ1n) is 6.68. The molecule has 0 saturated heterocycles. The van der Waals surface area contributed by atoms with E-state index in [1.807, 2.05) is 18.2 Å². The third kappa shape index (κ3) is 3.79. The highest BCUT2D eigenvalue weighted by Gasteiger charge is 2.04. The molecule has 0 aliphatic heterocycles. The minimum absolute atomic E-state index is 0.426. The van der Waals surface area contributed by atoms with Gasteiger partial charge in [-0.2, -0.15) is 0 Å². The molecule has 0 aliphatic carbocycles. The average Bonchev–Trinajstić information content (AvgIpc) is 2.85. The smallest absolute Gasteiger partial charge is 0.104 e. The number of ether oxygens (including phenoxy) is 2. The molecule has 5 heteroatoms. The summed E-state index contributed by atoms with van der Waals surface area (Å²) in [7, 11) is 1.70. The molecule has 108 valence electrons. The lowest BCUT2D eigenvalue weighted by Crippen LogP contribution is -2.10. The number of methoxy groups -OCH3 is 1. The Kier molecular flexibility index (Phi) is 5.52. The molecule has 0 saturated carbocycles. The first kappa shape index (κ1) is 15.0. The minimum atomic E-state index is 0.426. The van der Waals surface area contributed by atoms with E-state index >= 15 is 0 Å². The Morgan fingerprint density at radius 1 is 1.25 bits per heavy atom. The summed E-state index contributed by atoms with van der Waals surface area (Å²) in [6.07, 6.45) is 2.99. The van der Waals surface area contributed by atoms with Crippen molar-refractivity contribution in [3.8, 4) is 0 Å². The van der Waals surface area contributed by atoms with Crippen molar-refractivity contribution in [1.82, 2.24) is 4.57 Å². The van der Waals surface area contributed by atoms with Crippen molar-refractivity contribution in [3.63, 3.8) is 0 Å². The lowest BCUT2D eigenvalue weighted by atomic mass is 10.1. The second kappa shape index (κ2) is 7.38. The van der Waals surface area contributed by atoms with Crippen LogP contribution in [0.3, 0.4) is 0 Å². The topological polar surface area (TPSA) is 49.4 Å². The van der Waals surface area contributed by atoms with Gasteiger partial charge in [-0.3, -0.25) is 0 Å². The minimum Gasteiger partial charge on any atom is -0.389 e.